The molecule has 10 nitrogen and oxygen atoms in total. The first-order chi connectivity index (χ1) is 12.1. The van der Waals surface area contributed by atoms with Crippen molar-refractivity contribution < 1.29 is 24.4 Å². The molecular weight excluding hydrogens is 344 g/mol. The highest BCUT2D eigenvalue weighted by molar-refractivity contribution is 5.94. The van der Waals surface area contributed by atoms with Crippen molar-refractivity contribution in [1.82, 2.24) is 9.88 Å². The first-order valence-corrected chi connectivity index (χ1v) is 8.19. The molecule has 1 aliphatic rings. The van der Waals surface area contributed by atoms with Gasteiger partial charge in [0.15, 0.2) is 0 Å². The van der Waals surface area contributed by atoms with Gasteiger partial charge in [0.25, 0.3) is 5.69 Å². The number of anilines is 1. The molecule has 1 fully saturated rings. The number of hydrogen-bond acceptors (Lipinski definition) is 7. The summed E-state index contributed by atoms with van der Waals surface area (Å²) in [6.45, 7) is 7.00. The average molecular weight is 366 g/mol. The molecule has 1 N–H and O–H groups in total. The fourth-order valence-corrected chi connectivity index (χ4v) is 2.59. The number of aromatic carboxylic acids is 1. The minimum atomic E-state index is -1.29. The van der Waals surface area contributed by atoms with E-state index in [1.165, 1.54) is 0 Å². The second-order valence-electron chi connectivity index (χ2n) is 6.93. The van der Waals surface area contributed by atoms with Crippen LogP contribution in [0.25, 0.3) is 0 Å². The van der Waals surface area contributed by atoms with Gasteiger partial charge in [0, 0.05) is 32.2 Å². The van der Waals surface area contributed by atoms with Crippen LogP contribution < -0.4 is 4.90 Å². The molecule has 0 bridgehead atoms. The second-order valence-corrected chi connectivity index (χ2v) is 6.93. The Balaban J connectivity index is 2.17. The summed E-state index contributed by atoms with van der Waals surface area (Å²) in [5.41, 5.74) is -1.21. The normalized spacial score (nSPS) is 15.3. The maximum Gasteiger partial charge on any atom is 0.410 e. The molecule has 0 radical (unpaired) electrons. The van der Waals surface area contributed by atoms with Gasteiger partial charge in [-0.15, -0.1) is 0 Å². The van der Waals surface area contributed by atoms with Crippen molar-refractivity contribution >= 4 is 23.6 Å². The van der Waals surface area contributed by atoms with E-state index in [0.717, 1.165) is 12.3 Å². The number of nitrogens with zero attached hydrogens (tertiary/aromatic N) is 4. The van der Waals surface area contributed by atoms with E-state index >= 15 is 0 Å². The summed E-state index contributed by atoms with van der Waals surface area (Å²) < 4.78 is 5.36. The lowest BCUT2D eigenvalue weighted by Gasteiger charge is -2.26. The number of carbonyl (C=O) groups excluding carboxylic acids is 1. The zero-order chi connectivity index (χ0) is 19.5. The molecule has 1 aromatic heterocycles. The van der Waals surface area contributed by atoms with E-state index in [-0.39, 0.29) is 17.1 Å². The zero-order valence-corrected chi connectivity index (χ0v) is 15.0. The monoisotopic (exact) mass is 366 g/mol. The number of rotatable bonds is 3. The van der Waals surface area contributed by atoms with Crippen LogP contribution in [0.15, 0.2) is 12.3 Å². The van der Waals surface area contributed by atoms with E-state index < -0.39 is 22.6 Å². The minimum Gasteiger partial charge on any atom is -0.478 e. The molecule has 10 heteroatoms. The van der Waals surface area contributed by atoms with Gasteiger partial charge in [0.05, 0.1) is 4.92 Å². The van der Waals surface area contributed by atoms with E-state index in [9.17, 15) is 24.8 Å². The maximum atomic E-state index is 12.2. The van der Waals surface area contributed by atoms with Gasteiger partial charge in [-0.3, -0.25) is 10.1 Å². The fourth-order valence-electron chi connectivity index (χ4n) is 2.59. The Bertz CT molecular complexity index is 715. The smallest absolute Gasteiger partial charge is 0.410 e. The van der Waals surface area contributed by atoms with Crippen molar-refractivity contribution in [3.05, 3.63) is 27.9 Å². The molecule has 0 aliphatic carbocycles. The molecule has 0 unspecified atom stereocenters. The summed E-state index contributed by atoms with van der Waals surface area (Å²) in [7, 11) is 0. The molecule has 1 aromatic rings. The number of ether oxygens (including phenoxy) is 1. The van der Waals surface area contributed by atoms with Crippen molar-refractivity contribution in [2.75, 3.05) is 31.1 Å². The number of amides is 1. The van der Waals surface area contributed by atoms with Gasteiger partial charge in [0.1, 0.15) is 23.2 Å². The predicted molar refractivity (Wildman–Crippen MR) is 92.5 cm³/mol. The van der Waals surface area contributed by atoms with Gasteiger partial charge in [-0.2, -0.15) is 0 Å². The van der Waals surface area contributed by atoms with Crippen LogP contribution in [0.2, 0.25) is 0 Å². The third-order valence-corrected chi connectivity index (χ3v) is 3.74. The van der Waals surface area contributed by atoms with Gasteiger partial charge in [-0.25, -0.2) is 14.6 Å². The molecule has 2 rings (SSSR count). The lowest BCUT2D eigenvalue weighted by molar-refractivity contribution is -0.385. The number of carboxylic acids is 1. The Kier molecular flexibility index (Phi) is 5.63. The van der Waals surface area contributed by atoms with Gasteiger partial charge < -0.3 is 19.6 Å². The van der Waals surface area contributed by atoms with Crippen LogP contribution in [-0.4, -0.2) is 63.8 Å². The third-order valence-electron chi connectivity index (χ3n) is 3.74. The number of hydrogen-bond donors (Lipinski definition) is 1. The molecule has 26 heavy (non-hydrogen) atoms. The Morgan fingerprint density at radius 1 is 1.27 bits per heavy atom. The highest BCUT2D eigenvalue weighted by Crippen LogP contribution is 2.24. The molecule has 0 saturated carbocycles. The van der Waals surface area contributed by atoms with Gasteiger partial charge >= 0.3 is 12.1 Å². The Morgan fingerprint density at radius 3 is 2.54 bits per heavy atom. The molecule has 0 aromatic carbocycles. The minimum absolute atomic E-state index is 0.161. The van der Waals surface area contributed by atoms with Crippen LogP contribution in [0.5, 0.6) is 0 Å². The number of aromatic nitrogens is 1. The largest absolute Gasteiger partial charge is 0.478 e. The summed E-state index contributed by atoms with van der Waals surface area (Å²) >= 11 is 0. The van der Waals surface area contributed by atoms with Crippen LogP contribution in [0.4, 0.5) is 16.3 Å². The Hall–Kier alpha value is -2.91. The van der Waals surface area contributed by atoms with Crippen molar-refractivity contribution in [3.8, 4) is 0 Å². The average Bonchev–Trinajstić information content (AvgIpc) is 2.78. The van der Waals surface area contributed by atoms with Crippen LogP contribution in [0, 0.1) is 10.1 Å². The lowest BCUT2D eigenvalue weighted by Crippen LogP contribution is -2.39. The van der Waals surface area contributed by atoms with Gasteiger partial charge in [-0.05, 0) is 27.2 Å². The highest BCUT2D eigenvalue weighted by atomic mass is 16.6. The lowest BCUT2D eigenvalue weighted by atomic mass is 10.2. The summed E-state index contributed by atoms with van der Waals surface area (Å²) in [5, 5.41) is 20.2. The first-order valence-electron chi connectivity index (χ1n) is 8.19. The van der Waals surface area contributed by atoms with E-state index in [1.54, 1.807) is 30.6 Å². The maximum absolute atomic E-state index is 12.2. The van der Waals surface area contributed by atoms with Crippen LogP contribution in [-0.2, 0) is 4.74 Å². The van der Waals surface area contributed by atoms with Crippen LogP contribution in [0.1, 0.15) is 37.6 Å². The molecule has 0 atom stereocenters. The molecule has 2 heterocycles. The fraction of sp³-hybridized carbons (Fsp3) is 0.562. The molecule has 1 saturated heterocycles. The predicted octanol–water partition coefficient (Wildman–Crippen LogP) is 2.14. The number of carboxylic acid groups (broad SMARTS) is 1. The number of carbonyl (C=O) groups is 2. The van der Waals surface area contributed by atoms with Crippen LogP contribution in [0.3, 0.4) is 0 Å². The summed E-state index contributed by atoms with van der Waals surface area (Å²) in [6.07, 6.45) is 1.21. The van der Waals surface area contributed by atoms with E-state index in [4.69, 9.17) is 4.74 Å². The molecule has 0 spiro atoms. The molecular formula is C16H22N4O6. The van der Waals surface area contributed by atoms with Crippen molar-refractivity contribution in [1.29, 1.82) is 0 Å². The number of pyridine rings is 1. The van der Waals surface area contributed by atoms with E-state index in [0.29, 0.717) is 32.6 Å². The first kappa shape index (κ1) is 19.4. The van der Waals surface area contributed by atoms with E-state index in [2.05, 4.69) is 4.98 Å². The molecule has 142 valence electrons. The quantitative estimate of drug-likeness (QED) is 0.637. The third kappa shape index (κ3) is 4.80. The van der Waals surface area contributed by atoms with Crippen molar-refractivity contribution in [2.45, 2.75) is 32.8 Å². The standard InChI is InChI=1S/C16H22N4O6/c1-16(2,3)26-15(23)19-6-4-5-18(7-8-19)13-12(14(21)22)9-11(10-17-13)20(24)25/h9-10H,4-8H2,1-3H3,(H,21,22). The summed E-state index contributed by atoms with van der Waals surface area (Å²) in [5.74, 6) is -1.13. The Labute approximate surface area is 150 Å². The summed E-state index contributed by atoms with van der Waals surface area (Å²) in [4.78, 5) is 41.1. The van der Waals surface area contributed by atoms with E-state index in [1.807, 2.05) is 0 Å². The van der Waals surface area contributed by atoms with Crippen LogP contribution >= 0.6 is 0 Å². The summed E-state index contributed by atoms with van der Waals surface area (Å²) in [6, 6.07) is 1.00. The topological polar surface area (TPSA) is 126 Å². The van der Waals surface area contributed by atoms with Crippen molar-refractivity contribution in [2.24, 2.45) is 0 Å². The molecule has 1 aliphatic heterocycles. The highest BCUT2D eigenvalue weighted by Gasteiger charge is 2.27. The SMILES string of the molecule is CC(C)(C)OC(=O)N1CCCN(c2ncc([N+](=O)[O-])cc2C(=O)O)CC1. The Morgan fingerprint density at radius 2 is 1.96 bits per heavy atom. The second kappa shape index (κ2) is 7.54. The number of nitro groups is 1. The van der Waals surface area contributed by atoms with Crippen molar-refractivity contribution in [3.63, 3.8) is 0 Å². The van der Waals surface area contributed by atoms with Gasteiger partial charge in [-0.1, -0.05) is 0 Å². The zero-order valence-electron chi connectivity index (χ0n) is 15.0. The van der Waals surface area contributed by atoms with Gasteiger partial charge in [0.2, 0.25) is 0 Å². The molecule has 1 amide bonds.